The lowest BCUT2D eigenvalue weighted by Gasteiger charge is -2.04. The van der Waals surface area contributed by atoms with Crippen molar-refractivity contribution in [2.45, 2.75) is 6.92 Å². The summed E-state index contributed by atoms with van der Waals surface area (Å²) in [5.41, 5.74) is 0.723. The molecule has 2 N–H and O–H groups in total. The van der Waals surface area contributed by atoms with Gasteiger partial charge in [0.1, 0.15) is 17.3 Å². The molecule has 3 rings (SSSR count). The Morgan fingerprint density at radius 3 is 2.82 bits per heavy atom. The maximum absolute atomic E-state index is 13.7. The van der Waals surface area contributed by atoms with Gasteiger partial charge in [-0.1, -0.05) is 11.6 Å². The van der Waals surface area contributed by atoms with Gasteiger partial charge >= 0.3 is 0 Å². The summed E-state index contributed by atoms with van der Waals surface area (Å²) in [5.74, 6) is 0.172. The van der Waals surface area contributed by atoms with Gasteiger partial charge in [0.2, 0.25) is 0 Å². The molecule has 112 valence electrons. The van der Waals surface area contributed by atoms with E-state index >= 15 is 0 Å². The predicted octanol–water partition coefficient (Wildman–Crippen LogP) is 4.02. The monoisotopic (exact) mass is 319 g/mol. The highest BCUT2D eigenvalue weighted by Gasteiger charge is 2.15. The topological polar surface area (TPSA) is 70.9 Å². The molecule has 3 aromatic rings. The second-order valence-electron chi connectivity index (χ2n) is 4.66. The number of benzene rings is 1. The van der Waals surface area contributed by atoms with Gasteiger partial charge in [0.15, 0.2) is 11.5 Å². The summed E-state index contributed by atoms with van der Waals surface area (Å²) in [6.45, 7) is 1.82. The Kier molecular flexibility index (Phi) is 3.68. The smallest absolute Gasteiger partial charge is 0.276 e. The molecule has 7 heteroatoms. The number of aryl methyl sites for hydroxylation is 1. The van der Waals surface area contributed by atoms with E-state index in [4.69, 9.17) is 16.0 Å². The number of nitrogens with zero attached hydrogens (tertiary/aromatic N) is 1. The van der Waals surface area contributed by atoms with Crippen LogP contribution in [-0.2, 0) is 0 Å². The van der Waals surface area contributed by atoms with Crippen molar-refractivity contribution in [3.8, 4) is 11.5 Å². The summed E-state index contributed by atoms with van der Waals surface area (Å²) in [6.07, 6.45) is 0. The van der Waals surface area contributed by atoms with Crippen molar-refractivity contribution < 1.29 is 13.6 Å². The second-order valence-corrected chi connectivity index (χ2v) is 5.09. The van der Waals surface area contributed by atoms with Crippen LogP contribution in [0, 0.1) is 12.7 Å². The van der Waals surface area contributed by atoms with Crippen LogP contribution in [0.5, 0.6) is 0 Å². The zero-order valence-corrected chi connectivity index (χ0v) is 12.2. The highest BCUT2D eigenvalue weighted by atomic mass is 35.5. The molecule has 2 heterocycles. The van der Waals surface area contributed by atoms with Crippen LogP contribution in [-0.4, -0.2) is 16.1 Å². The van der Waals surface area contributed by atoms with Gasteiger partial charge in [-0.3, -0.25) is 9.89 Å². The minimum absolute atomic E-state index is 0.0350. The number of aromatic nitrogens is 2. The van der Waals surface area contributed by atoms with E-state index in [1.807, 2.05) is 6.92 Å². The molecular formula is C15H11ClFN3O2. The molecule has 1 amide bonds. The quantitative estimate of drug-likeness (QED) is 0.766. The summed E-state index contributed by atoms with van der Waals surface area (Å²) in [7, 11) is 0. The standard InChI is InChI=1S/C15H11ClFN3O2/c1-8-2-5-14(22-8)12-7-13(20-19-12)15(21)18-11-4-3-9(16)6-10(11)17/h2-7H,1H3,(H,18,21)(H,19,20). The van der Waals surface area contributed by atoms with Crippen molar-refractivity contribution in [3.63, 3.8) is 0 Å². The second kappa shape index (κ2) is 5.65. The van der Waals surface area contributed by atoms with Crippen molar-refractivity contribution >= 4 is 23.2 Å². The summed E-state index contributed by atoms with van der Waals surface area (Å²) in [4.78, 5) is 12.1. The highest BCUT2D eigenvalue weighted by Crippen LogP contribution is 2.22. The Labute approximate surface area is 130 Å². The largest absolute Gasteiger partial charge is 0.460 e. The lowest BCUT2D eigenvalue weighted by molar-refractivity contribution is 0.102. The molecule has 0 saturated carbocycles. The molecule has 1 aromatic carbocycles. The van der Waals surface area contributed by atoms with E-state index < -0.39 is 11.7 Å². The Balaban J connectivity index is 1.79. The van der Waals surface area contributed by atoms with Crippen molar-refractivity contribution in [1.29, 1.82) is 0 Å². The Hall–Kier alpha value is -2.60. The number of furan rings is 1. The number of hydrogen-bond donors (Lipinski definition) is 2. The molecule has 0 aliphatic heterocycles. The number of nitrogens with one attached hydrogen (secondary N) is 2. The molecule has 0 aliphatic carbocycles. The first-order valence-corrected chi connectivity index (χ1v) is 6.79. The molecule has 0 fully saturated rings. The molecule has 22 heavy (non-hydrogen) atoms. The van der Waals surface area contributed by atoms with Gasteiger partial charge in [-0.05, 0) is 37.3 Å². The maximum atomic E-state index is 13.7. The van der Waals surface area contributed by atoms with E-state index in [-0.39, 0.29) is 16.4 Å². The number of aromatic amines is 1. The van der Waals surface area contributed by atoms with E-state index in [0.29, 0.717) is 11.5 Å². The molecule has 5 nitrogen and oxygen atoms in total. The van der Waals surface area contributed by atoms with Crippen molar-refractivity contribution in [3.05, 3.63) is 58.7 Å². The molecule has 0 saturated heterocycles. The highest BCUT2D eigenvalue weighted by molar-refractivity contribution is 6.30. The van der Waals surface area contributed by atoms with Crippen LogP contribution in [0.4, 0.5) is 10.1 Å². The third-order valence-electron chi connectivity index (χ3n) is 3.00. The molecule has 0 radical (unpaired) electrons. The minimum Gasteiger partial charge on any atom is -0.460 e. The van der Waals surface area contributed by atoms with E-state index in [9.17, 15) is 9.18 Å². The first-order chi connectivity index (χ1) is 10.5. The van der Waals surface area contributed by atoms with Crippen LogP contribution in [0.25, 0.3) is 11.5 Å². The van der Waals surface area contributed by atoms with E-state index in [1.165, 1.54) is 18.2 Å². The zero-order chi connectivity index (χ0) is 15.7. The van der Waals surface area contributed by atoms with E-state index in [1.54, 1.807) is 12.1 Å². The lowest BCUT2D eigenvalue weighted by Crippen LogP contribution is -2.13. The first-order valence-electron chi connectivity index (χ1n) is 6.41. The number of H-pyrrole nitrogens is 1. The molecule has 0 aliphatic rings. The van der Waals surface area contributed by atoms with Crippen LogP contribution < -0.4 is 5.32 Å². The molecule has 2 aromatic heterocycles. The zero-order valence-electron chi connectivity index (χ0n) is 11.5. The Morgan fingerprint density at radius 1 is 1.32 bits per heavy atom. The predicted molar refractivity (Wildman–Crippen MR) is 80.4 cm³/mol. The number of carbonyl (C=O) groups excluding carboxylic acids is 1. The SMILES string of the molecule is Cc1ccc(-c2cc(C(=O)Nc3ccc(Cl)cc3F)n[nH]2)o1. The average molecular weight is 320 g/mol. The number of carbonyl (C=O) groups is 1. The number of rotatable bonds is 3. The minimum atomic E-state index is -0.613. The molecular weight excluding hydrogens is 309 g/mol. The van der Waals surface area contributed by atoms with Gasteiger partial charge in [-0.15, -0.1) is 0 Å². The van der Waals surface area contributed by atoms with Crippen LogP contribution in [0.3, 0.4) is 0 Å². The van der Waals surface area contributed by atoms with Gasteiger partial charge < -0.3 is 9.73 Å². The number of hydrogen-bond acceptors (Lipinski definition) is 3. The third-order valence-corrected chi connectivity index (χ3v) is 3.23. The lowest BCUT2D eigenvalue weighted by atomic mass is 10.2. The summed E-state index contributed by atoms with van der Waals surface area (Å²) in [5, 5.41) is 9.30. The van der Waals surface area contributed by atoms with Crippen molar-refractivity contribution in [2.24, 2.45) is 0 Å². The normalized spacial score (nSPS) is 10.7. The number of amides is 1. The van der Waals surface area contributed by atoms with Crippen LogP contribution >= 0.6 is 11.6 Å². The average Bonchev–Trinajstić information content (AvgIpc) is 3.10. The first kappa shape index (κ1) is 14.3. The molecule has 0 spiro atoms. The Morgan fingerprint density at radius 2 is 2.14 bits per heavy atom. The maximum Gasteiger partial charge on any atom is 0.276 e. The number of halogens is 2. The fraction of sp³-hybridized carbons (Fsp3) is 0.0667. The van der Waals surface area contributed by atoms with Crippen molar-refractivity contribution in [2.75, 3.05) is 5.32 Å². The van der Waals surface area contributed by atoms with Crippen LogP contribution in [0.2, 0.25) is 5.02 Å². The van der Waals surface area contributed by atoms with Crippen molar-refractivity contribution in [1.82, 2.24) is 10.2 Å². The van der Waals surface area contributed by atoms with Gasteiger partial charge in [-0.25, -0.2) is 4.39 Å². The summed E-state index contributed by atoms with van der Waals surface area (Å²) in [6, 6.07) is 9.10. The Bertz CT molecular complexity index is 841. The molecule has 0 atom stereocenters. The van der Waals surface area contributed by atoms with E-state index in [2.05, 4.69) is 15.5 Å². The summed E-state index contributed by atoms with van der Waals surface area (Å²) < 4.78 is 19.1. The molecule has 0 bridgehead atoms. The fourth-order valence-electron chi connectivity index (χ4n) is 1.92. The fourth-order valence-corrected chi connectivity index (χ4v) is 2.08. The van der Waals surface area contributed by atoms with E-state index in [0.717, 1.165) is 11.8 Å². The third kappa shape index (κ3) is 2.87. The van der Waals surface area contributed by atoms with Gasteiger partial charge in [0, 0.05) is 11.1 Å². The number of anilines is 1. The van der Waals surface area contributed by atoms with Gasteiger partial charge in [-0.2, -0.15) is 5.10 Å². The van der Waals surface area contributed by atoms with Gasteiger partial charge in [0.25, 0.3) is 5.91 Å². The summed E-state index contributed by atoms with van der Waals surface area (Å²) >= 11 is 5.66. The molecule has 0 unspecified atom stereocenters. The van der Waals surface area contributed by atoms with Gasteiger partial charge in [0.05, 0.1) is 5.69 Å². The van der Waals surface area contributed by atoms with Crippen LogP contribution in [0.15, 0.2) is 40.8 Å². The van der Waals surface area contributed by atoms with Crippen LogP contribution in [0.1, 0.15) is 16.2 Å².